The minimum atomic E-state index is -0.526. The number of likely N-dealkylation sites (tertiary alicyclic amines) is 1. The highest BCUT2D eigenvalue weighted by atomic mass is 32.1. The highest BCUT2D eigenvalue weighted by molar-refractivity contribution is 7.18. The average molecular weight is 436 g/mol. The normalized spacial score (nSPS) is 15.7. The Morgan fingerprint density at radius 1 is 1.06 bits per heavy atom. The molecule has 2 aromatic carbocycles. The van der Waals surface area contributed by atoms with E-state index in [1.54, 1.807) is 4.90 Å². The molecule has 1 saturated heterocycles. The van der Waals surface area contributed by atoms with Crippen LogP contribution < -0.4 is 10.6 Å². The molecule has 0 spiro atoms. The Labute approximate surface area is 185 Å². The monoisotopic (exact) mass is 435 g/mol. The zero-order chi connectivity index (χ0) is 21.8. The molecule has 8 heteroatoms. The Kier molecular flexibility index (Phi) is 6.27. The van der Waals surface area contributed by atoms with Gasteiger partial charge >= 0.3 is 6.03 Å². The van der Waals surface area contributed by atoms with Gasteiger partial charge in [0, 0.05) is 17.8 Å². The van der Waals surface area contributed by atoms with Crippen molar-refractivity contribution in [3.8, 4) is 10.6 Å². The van der Waals surface area contributed by atoms with Crippen LogP contribution in [0.1, 0.15) is 30.9 Å². The summed E-state index contributed by atoms with van der Waals surface area (Å²) in [4.78, 5) is 27.2. The van der Waals surface area contributed by atoms with Gasteiger partial charge in [-0.25, -0.2) is 4.79 Å². The van der Waals surface area contributed by atoms with Crippen molar-refractivity contribution in [1.29, 1.82) is 0 Å². The molecular formula is C23H25N5O2S. The SMILES string of the molecule is CCc1ccc(NC(=O)N2CCCC2C(=O)Nc2nnc(-c3ccc(C)cc3)s2)cc1. The number of amides is 3. The van der Waals surface area contributed by atoms with Crippen LogP contribution >= 0.6 is 11.3 Å². The molecule has 1 aliphatic rings. The van der Waals surface area contributed by atoms with Gasteiger partial charge in [-0.15, -0.1) is 10.2 Å². The first-order valence-corrected chi connectivity index (χ1v) is 11.2. The number of carbonyl (C=O) groups excluding carboxylic acids is 2. The summed E-state index contributed by atoms with van der Waals surface area (Å²) < 4.78 is 0. The van der Waals surface area contributed by atoms with Crippen molar-refractivity contribution in [2.75, 3.05) is 17.2 Å². The minimum Gasteiger partial charge on any atom is -0.312 e. The van der Waals surface area contributed by atoms with Crippen molar-refractivity contribution in [3.63, 3.8) is 0 Å². The Hall–Kier alpha value is -3.26. The van der Waals surface area contributed by atoms with Crippen LogP contribution in [-0.2, 0) is 11.2 Å². The lowest BCUT2D eigenvalue weighted by Crippen LogP contribution is -2.45. The van der Waals surface area contributed by atoms with E-state index in [9.17, 15) is 9.59 Å². The number of nitrogens with one attached hydrogen (secondary N) is 2. The molecular weight excluding hydrogens is 410 g/mol. The molecule has 2 N–H and O–H groups in total. The number of nitrogens with zero attached hydrogens (tertiary/aromatic N) is 3. The van der Waals surface area contributed by atoms with Crippen LogP contribution in [0.5, 0.6) is 0 Å². The smallest absolute Gasteiger partial charge is 0.312 e. The summed E-state index contributed by atoms with van der Waals surface area (Å²) in [7, 11) is 0. The summed E-state index contributed by atoms with van der Waals surface area (Å²) in [5, 5.41) is 15.2. The topological polar surface area (TPSA) is 87.2 Å². The van der Waals surface area contributed by atoms with Gasteiger partial charge in [0.05, 0.1) is 0 Å². The molecule has 7 nitrogen and oxygen atoms in total. The third-order valence-electron chi connectivity index (χ3n) is 5.38. The number of anilines is 2. The van der Waals surface area contributed by atoms with Gasteiger partial charge in [-0.2, -0.15) is 0 Å². The van der Waals surface area contributed by atoms with Gasteiger partial charge in [-0.05, 0) is 43.9 Å². The summed E-state index contributed by atoms with van der Waals surface area (Å²) in [5.74, 6) is -0.236. The number of aryl methyl sites for hydroxylation is 2. The first-order valence-electron chi connectivity index (χ1n) is 10.4. The number of aromatic nitrogens is 2. The summed E-state index contributed by atoms with van der Waals surface area (Å²) in [6.45, 7) is 4.66. The maximum absolute atomic E-state index is 12.9. The molecule has 3 aromatic rings. The Morgan fingerprint density at radius 2 is 1.81 bits per heavy atom. The summed E-state index contributed by atoms with van der Waals surface area (Å²) in [5.41, 5.74) is 4.06. The maximum atomic E-state index is 12.9. The number of urea groups is 1. The van der Waals surface area contributed by atoms with E-state index in [2.05, 4.69) is 27.8 Å². The van der Waals surface area contributed by atoms with Crippen molar-refractivity contribution in [1.82, 2.24) is 15.1 Å². The van der Waals surface area contributed by atoms with Crippen molar-refractivity contribution >= 4 is 34.1 Å². The molecule has 4 rings (SSSR count). The molecule has 2 heterocycles. The number of benzene rings is 2. The second kappa shape index (κ2) is 9.26. The van der Waals surface area contributed by atoms with Gasteiger partial charge in [0.1, 0.15) is 11.0 Å². The van der Waals surface area contributed by atoms with Gasteiger partial charge in [0.25, 0.3) is 0 Å². The predicted molar refractivity (Wildman–Crippen MR) is 123 cm³/mol. The highest BCUT2D eigenvalue weighted by Crippen LogP contribution is 2.27. The zero-order valence-corrected chi connectivity index (χ0v) is 18.4. The fraction of sp³-hybridized carbons (Fsp3) is 0.304. The molecule has 0 bridgehead atoms. The predicted octanol–water partition coefficient (Wildman–Crippen LogP) is 4.71. The number of rotatable bonds is 5. The van der Waals surface area contributed by atoms with Crippen molar-refractivity contribution in [2.45, 2.75) is 39.2 Å². The largest absolute Gasteiger partial charge is 0.322 e. The molecule has 0 saturated carbocycles. The molecule has 1 aliphatic heterocycles. The lowest BCUT2D eigenvalue weighted by Gasteiger charge is -2.23. The number of hydrogen-bond donors (Lipinski definition) is 2. The van der Waals surface area contributed by atoms with E-state index in [0.29, 0.717) is 18.1 Å². The van der Waals surface area contributed by atoms with Crippen LogP contribution in [0.3, 0.4) is 0 Å². The zero-order valence-electron chi connectivity index (χ0n) is 17.6. The first kappa shape index (κ1) is 21.0. The van der Waals surface area contributed by atoms with Crippen LogP contribution in [0.15, 0.2) is 48.5 Å². The van der Waals surface area contributed by atoms with E-state index in [1.165, 1.54) is 22.5 Å². The molecule has 31 heavy (non-hydrogen) atoms. The number of hydrogen-bond acceptors (Lipinski definition) is 5. The lowest BCUT2D eigenvalue weighted by atomic mass is 10.1. The van der Waals surface area contributed by atoms with E-state index in [-0.39, 0.29) is 11.9 Å². The third-order valence-corrected chi connectivity index (χ3v) is 6.27. The van der Waals surface area contributed by atoms with E-state index < -0.39 is 6.04 Å². The highest BCUT2D eigenvalue weighted by Gasteiger charge is 2.34. The van der Waals surface area contributed by atoms with E-state index in [0.717, 1.165) is 29.1 Å². The lowest BCUT2D eigenvalue weighted by molar-refractivity contribution is -0.119. The standard InChI is InChI=1S/C23H25N5O2S/c1-3-16-8-12-18(13-9-16)24-23(30)28-14-4-5-19(28)20(29)25-22-27-26-21(31-22)17-10-6-15(2)7-11-17/h6-13,19H,3-5,14H2,1-2H3,(H,24,30)(H,25,27,29). The van der Waals surface area contributed by atoms with Crippen molar-refractivity contribution in [2.24, 2.45) is 0 Å². The molecule has 1 atom stereocenters. The van der Waals surface area contributed by atoms with Crippen LogP contribution in [0.25, 0.3) is 10.6 Å². The van der Waals surface area contributed by atoms with E-state index in [4.69, 9.17) is 0 Å². The molecule has 3 amide bonds. The van der Waals surface area contributed by atoms with Crippen molar-refractivity contribution in [3.05, 3.63) is 59.7 Å². The second-order valence-corrected chi connectivity index (χ2v) is 8.58. The van der Waals surface area contributed by atoms with Gasteiger partial charge in [0.2, 0.25) is 11.0 Å². The molecule has 0 aliphatic carbocycles. The van der Waals surface area contributed by atoms with Crippen LogP contribution in [-0.4, -0.2) is 39.6 Å². The third kappa shape index (κ3) is 4.91. The van der Waals surface area contributed by atoms with Crippen LogP contribution in [0, 0.1) is 6.92 Å². The summed E-state index contributed by atoms with van der Waals surface area (Å²) in [6.07, 6.45) is 2.35. The maximum Gasteiger partial charge on any atom is 0.322 e. The van der Waals surface area contributed by atoms with Crippen molar-refractivity contribution < 1.29 is 9.59 Å². The first-order chi connectivity index (χ1) is 15.0. The molecule has 1 aromatic heterocycles. The number of carbonyl (C=O) groups is 2. The van der Waals surface area contributed by atoms with Crippen LogP contribution in [0.2, 0.25) is 0 Å². The molecule has 1 unspecified atom stereocenters. The fourth-order valence-corrected chi connectivity index (χ4v) is 4.33. The molecule has 1 fully saturated rings. The van der Waals surface area contributed by atoms with Gasteiger partial charge in [-0.3, -0.25) is 10.1 Å². The van der Waals surface area contributed by atoms with Crippen LogP contribution in [0.4, 0.5) is 15.6 Å². The van der Waals surface area contributed by atoms with Gasteiger partial charge in [-0.1, -0.05) is 60.2 Å². The fourth-order valence-electron chi connectivity index (χ4n) is 3.58. The van der Waals surface area contributed by atoms with Gasteiger partial charge in [0.15, 0.2) is 0 Å². The van der Waals surface area contributed by atoms with E-state index in [1.807, 2.05) is 55.5 Å². The van der Waals surface area contributed by atoms with Gasteiger partial charge < -0.3 is 10.2 Å². The Balaban J connectivity index is 1.39. The van der Waals surface area contributed by atoms with E-state index >= 15 is 0 Å². The minimum absolute atomic E-state index is 0.236. The summed E-state index contributed by atoms with van der Waals surface area (Å²) >= 11 is 1.32. The second-order valence-electron chi connectivity index (χ2n) is 7.60. The molecule has 160 valence electrons. The Bertz CT molecular complexity index is 1060. The average Bonchev–Trinajstić information content (AvgIpc) is 3.45. The Morgan fingerprint density at radius 3 is 2.52 bits per heavy atom. The molecule has 0 radical (unpaired) electrons. The summed E-state index contributed by atoms with van der Waals surface area (Å²) in [6, 6.07) is 15.0. The quantitative estimate of drug-likeness (QED) is 0.608.